The van der Waals surface area contributed by atoms with Gasteiger partial charge in [0.25, 0.3) is 5.56 Å². The van der Waals surface area contributed by atoms with E-state index in [2.05, 4.69) is 11.6 Å². The molecule has 0 radical (unpaired) electrons. The Bertz CT molecular complexity index is 928. The van der Waals surface area contributed by atoms with Crippen molar-refractivity contribution < 1.29 is 15.0 Å². The van der Waals surface area contributed by atoms with Crippen molar-refractivity contribution in [1.29, 1.82) is 0 Å². The van der Waals surface area contributed by atoms with Gasteiger partial charge in [-0.2, -0.15) is 0 Å². The molecule has 0 aliphatic carbocycles. The maximum atomic E-state index is 10.6. The normalized spacial score (nSPS) is 9.83. The summed E-state index contributed by atoms with van der Waals surface area (Å²) < 4.78 is 0. The van der Waals surface area contributed by atoms with Crippen molar-refractivity contribution in [2.75, 3.05) is 0 Å². The van der Waals surface area contributed by atoms with Gasteiger partial charge in [-0.05, 0) is 35.6 Å². The van der Waals surface area contributed by atoms with Crippen LogP contribution in [0, 0.1) is 0 Å². The highest BCUT2D eigenvalue weighted by molar-refractivity contribution is 5.90. The number of carboxylic acid groups (broad SMARTS) is 1. The van der Waals surface area contributed by atoms with E-state index in [9.17, 15) is 14.7 Å². The highest BCUT2D eigenvalue weighted by Crippen LogP contribution is 2.27. The fourth-order valence-corrected chi connectivity index (χ4v) is 2.27. The van der Waals surface area contributed by atoms with E-state index in [4.69, 9.17) is 5.11 Å². The first kappa shape index (κ1) is 17.0. The van der Waals surface area contributed by atoms with Crippen molar-refractivity contribution in [3.05, 3.63) is 88.9 Å². The third kappa shape index (κ3) is 3.89. The van der Waals surface area contributed by atoms with Crippen LogP contribution in [0.3, 0.4) is 0 Å². The third-order valence-corrected chi connectivity index (χ3v) is 3.40. The van der Waals surface area contributed by atoms with Gasteiger partial charge in [-0.15, -0.1) is 6.58 Å². The number of aromatic carboxylic acids is 1. The number of carbonyl (C=O) groups is 1. The summed E-state index contributed by atoms with van der Waals surface area (Å²) in [5.41, 5.74) is 0.394. The Hall–Kier alpha value is -3.34. The molecule has 0 saturated carbocycles. The molecule has 3 aromatic rings. The molecule has 5 nitrogen and oxygen atoms in total. The monoisotopic (exact) mass is 323 g/mol. The smallest absolute Gasteiger partial charge is 0.341 e. The molecule has 1 aromatic heterocycles. The molecule has 1 heterocycles. The van der Waals surface area contributed by atoms with E-state index >= 15 is 0 Å². The Balaban J connectivity index is 0.000000185. The molecule has 0 amide bonds. The quantitative estimate of drug-likeness (QED) is 0.645. The van der Waals surface area contributed by atoms with Gasteiger partial charge >= 0.3 is 5.97 Å². The molecule has 3 rings (SSSR count). The highest BCUT2D eigenvalue weighted by atomic mass is 16.4. The molecule has 0 spiro atoms. The van der Waals surface area contributed by atoms with Crippen LogP contribution in [-0.4, -0.2) is 21.2 Å². The summed E-state index contributed by atoms with van der Waals surface area (Å²) in [5, 5.41) is 20.0. The number of carboxylic acids is 1. The second kappa shape index (κ2) is 7.78. The number of hydrogen-bond donors (Lipinski definition) is 3. The number of aromatic hydroxyl groups is 1. The molecule has 0 aliphatic heterocycles. The first-order valence-electron chi connectivity index (χ1n) is 7.26. The summed E-state index contributed by atoms with van der Waals surface area (Å²) in [6.07, 6.45) is 4.09. The van der Waals surface area contributed by atoms with Crippen LogP contribution in [0.25, 0.3) is 10.8 Å². The van der Waals surface area contributed by atoms with E-state index < -0.39 is 11.5 Å². The average molecular weight is 323 g/mol. The number of phenols is 1. The summed E-state index contributed by atoms with van der Waals surface area (Å²) >= 11 is 0. The van der Waals surface area contributed by atoms with Crippen LogP contribution >= 0.6 is 0 Å². The molecule has 3 N–H and O–H groups in total. The number of fused-ring (bicyclic) bond motifs is 1. The fourth-order valence-electron chi connectivity index (χ4n) is 2.27. The van der Waals surface area contributed by atoms with Crippen molar-refractivity contribution in [1.82, 2.24) is 4.98 Å². The molecule has 122 valence electrons. The number of hydrogen-bond acceptors (Lipinski definition) is 3. The van der Waals surface area contributed by atoms with Gasteiger partial charge < -0.3 is 15.2 Å². The zero-order valence-electron chi connectivity index (χ0n) is 12.9. The SMILES string of the molecule is C=CCc1ccc(O)c2ccccc12.O=C(O)c1ccc[nH]c1=O. The maximum absolute atomic E-state index is 10.6. The Morgan fingerprint density at radius 2 is 1.79 bits per heavy atom. The first-order valence-corrected chi connectivity index (χ1v) is 7.26. The van der Waals surface area contributed by atoms with Crippen LogP contribution in [0.2, 0.25) is 0 Å². The summed E-state index contributed by atoms with van der Waals surface area (Å²) in [7, 11) is 0. The summed E-state index contributed by atoms with van der Waals surface area (Å²) in [6, 6.07) is 14.3. The highest BCUT2D eigenvalue weighted by Gasteiger charge is 2.04. The van der Waals surface area contributed by atoms with E-state index in [1.54, 1.807) is 6.07 Å². The van der Waals surface area contributed by atoms with Gasteiger partial charge in [0.05, 0.1) is 0 Å². The zero-order valence-corrected chi connectivity index (χ0v) is 12.9. The van der Waals surface area contributed by atoms with Crippen LogP contribution in [-0.2, 0) is 6.42 Å². The lowest BCUT2D eigenvalue weighted by Crippen LogP contribution is -2.15. The number of rotatable bonds is 3. The van der Waals surface area contributed by atoms with Gasteiger partial charge in [0.2, 0.25) is 0 Å². The minimum absolute atomic E-state index is 0.234. The van der Waals surface area contributed by atoms with Crippen LogP contribution in [0.1, 0.15) is 15.9 Å². The Morgan fingerprint density at radius 3 is 2.38 bits per heavy atom. The Labute approximate surface area is 138 Å². The third-order valence-electron chi connectivity index (χ3n) is 3.40. The second-order valence-corrected chi connectivity index (χ2v) is 5.00. The number of allylic oxidation sites excluding steroid dienone is 1. The predicted octanol–water partition coefficient (Wildman–Crippen LogP) is 3.35. The molecule has 0 bridgehead atoms. The second-order valence-electron chi connectivity index (χ2n) is 5.00. The summed E-state index contributed by atoms with van der Waals surface area (Å²) in [5.74, 6) is -0.865. The van der Waals surface area contributed by atoms with Crippen molar-refractivity contribution in [3.8, 4) is 5.75 Å². The number of H-pyrrole nitrogens is 1. The molecule has 0 aliphatic rings. The molecule has 2 aromatic carbocycles. The van der Waals surface area contributed by atoms with E-state index in [1.807, 2.05) is 36.4 Å². The van der Waals surface area contributed by atoms with Crippen molar-refractivity contribution in [2.45, 2.75) is 6.42 Å². The van der Waals surface area contributed by atoms with Gasteiger partial charge in [-0.3, -0.25) is 4.79 Å². The molecule has 0 atom stereocenters. The van der Waals surface area contributed by atoms with Crippen LogP contribution < -0.4 is 5.56 Å². The molecule has 5 heteroatoms. The lowest BCUT2D eigenvalue weighted by molar-refractivity contribution is 0.0695. The number of phenolic OH excluding ortho intramolecular Hbond substituents is 1. The predicted molar refractivity (Wildman–Crippen MR) is 93.5 cm³/mol. The number of aromatic nitrogens is 1. The molecule has 24 heavy (non-hydrogen) atoms. The molecular weight excluding hydrogens is 306 g/mol. The van der Waals surface area contributed by atoms with Gasteiger partial charge in [0, 0.05) is 11.6 Å². The minimum Gasteiger partial charge on any atom is -0.507 e. The summed E-state index contributed by atoms with van der Waals surface area (Å²) in [6.45, 7) is 3.72. The van der Waals surface area contributed by atoms with Gasteiger partial charge in [-0.25, -0.2) is 4.79 Å². The van der Waals surface area contributed by atoms with Crippen LogP contribution in [0.4, 0.5) is 0 Å². The van der Waals surface area contributed by atoms with E-state index in [0.29, 0.717) is 5.75 Å². The molecule has 0 unspecified atom stereocenters. The summed E-state index contributed by atoms with van der Waals surface area (Å²) in [4.78, 5) is 23.1. The van der Waals surface area contributed by atoms with Crippen molar-refractivity contribution >= 4 is 16.7 Å². The van der Waals surface area contributed by atoms with Crippen LogP contribution in [0.15, 0.2) is 72.2 Å². The van der Waals surface area contributed by atoms with Crippen LogP contribution in [0.5, 0.6) is 5.75 Å². The average Bonchev–Trinajstić information content (AvgIpc) is 2.59. The molecule has 0 saturated heterocycles. The number of aromatic amines is 1. The maximum Gasteiger partial charge on any atom is 0.341 e. The lowest BCUT2D eigenvalue weighted by Gasteiger charge is -2.05. The number of nitrogens with one attached hydrogen (secondary N) is 1. The fraction of sp³-hybridized carbons (Fsp3) is 0.0526. The van der Waals surface area contributed by atoms with Gasteiger partial charge in [0.1, 0.15) is 11.3 Å². The Kier molecular flexibility index (Phi) is 5.52. The molecular formula is C19H17NO4. The van der Waals surface area contributed by atoms with Gasteiger partial charge in [0.15, 0.2) is 0 Å². The Morgan fingerprint density at radius 1 is 1.08 bits per heavy atom. The number of pyridine rings is 1. The largest absolute Gasteiger partial charge is 0.507 e. The lowest BCUT2D eigenvalue weighted by atomic mass is 10.0. The topological polar surface area (TPSA) is 90.4 Å². The minimum atomic E-state index is -1.21. The van der Waals surface area contributed by atoms with Crippen molar-refractivity contribution in [3.63, 3.8) is 0 Å². The van der Waals surface area contributed by atoms with E-state index in [1.165, 1.54) is 23.9 Å². The van der Waals surface area contributed by atoms with Gasteiger partial charge in [-0.1, -0.05) is 36.4 Å². The number of benzene rings is 2. The van der Waals surface area contributed by atoms with E-state index in [0.717, 1.165) is 17.2 Å². The van der Waals surface area contributed by atoms with Crippen molar-refractivity contribution in [2.24, 2.45) is 0 Å². The molecule has 0 fully saturated rings. The van der Waals surface area contributed by atoms with E-state index in [-0.39, 0.29) is 5.56 Å². The zero-order chi connectivity index (χ0) is 17.5. The standard InChI is InChI=1S/C13H12O.C6H5NO3/c1-2-5-10-8-9-13(14)12-7-4-3-6-11(10)12;8-5-4(6(9)10)2-1-3-7-5/h2-4,6-9,14H,1,5H2;1-3H,(H,7,8)(H,9,10). The first-order chi connectivity index (χ1) is 11.5.